The van der Waals surface area contributed by atoms with Crippen LogP contribution in [-0.2, 0) is 20.2 Å². The van der Waals surface area contributed by atoms with Crippen molar-refractivity contribution in [3.05, 3.63) is 53.1 Å². The second-order valence-electron chi connectivity index (χ2n) is 8.20. The standard InChI is InChI=1S/C22H30N2O3S2/c1-15-12-17(22(3,4)5)13-16(2)21(15)29(26,27)24(6)14-20(25)23-18-10-8-9-11-19(18)28-7/h8-13H,14H2,1-7H3,(H,23,25). The number of aryl methyl sites for hydroxylation is 2. The molecule has 0 aliphatic carbocycles. The van der Waals surface area contributed by atoms with E-state index in [9.17, 15) is 13.2 Å². The molecule has 0 aliphatic heterocycles. The number of nitrogens with zero attached hydrogens (tertiary/aromatic N) is 1. The molecule has 0 spiro atoms. The summed E-state index contributed by atoms with van der Waals surface area (Å²) in [5.74, 6) is -0.376. The van der Waals surface area contributed by atoms with Crippen molar-refractivity contribution >= 4 is 33.4 Å². The van der Waals surface area contributed by atoms with Crippen molar-refractivity contribution in [1.82, 2.24) is 4.31 Å². The summed E-state index contributed by atoms with van der Waals surface area (Å²) in [5.41, 5.74) is 3.07. The molecular weight excluding hydrogens is 404 g/mol. The first kappa shape index (κ1) is 23.4. The molecule has 0 aromatic heterocycles. The first-order valence-electron chi connectivity index (χ1n) is 9.39. The van der Waals surface area contributed by atoms with Gasteiger partial charge in [-0.2, -0.15) is 4.31 Å². The third-order valence-corrected chi connectivity index (χ3v) is 7.65. The van der Waals surface area contributed by atoms with Crippen molar-refractivity contribution in [3.63, 3.8) is 0 Å². The van der Waals surface area contributed by atoms with Crippen molar-refractivity contribution in [2.75, 3.05) is 25.2 Å². The quantitative estimate of drug-likeness (QED) is 0.676. The van der Waals surface area contributed by atoms with Crippen LogP contribution in [0.4, 0.5) is 5.69 Å². The predicted octanol–water partition coefficient (Wildman–Crippen LogP) is 4.58. The lowest BCUT2D eigenvalue weighted by Crippen LogP contribution is -2.35. The Morgan fingerprint density at radius 2 is 1.66 bits per heavy atom. The Kier molecular flexibility index (Phi) is 7.19. The fraction of sp³-hybridized carbons (Fsp3) is 0.409. The molecule has 2 aromatic carbocycles. The first-order chi connectivity index (χ1) is 13.4. The number of amides is 1. The third kappa shape index (κ3) is 5.41. The SMILES string of the molecule is CSc1ccccc1NC(=O)CN(C)S(=O)(=O)c1c(C)cc(C(C)(C)C)cc1C. The molecular formula is C22H30N2O3S2. The second-order valence-corrected chi connectivity index (χ2v) is 11.0. The van der Waals surface area contributed by atoms with E-state index >= 15 is 0 Å². The average molecular weight is 435 g/mol. The normalized spacial score (nSPS) is 12.3. The highest BCUT2D eigenvalue weighted by atomic mass is 32.2. The minimum absolute atomic E-state index is 0.0751. The Bertz CT molecular complexity index is 986. The number of rotatable bonds is 6. The molecule has 5 nitrogen and oxygen atoms in total. The zero-order valence-corrected chi connectivity index (χ0v) is 19.8. The summed E-state index contributed by atoms with van der Waals surface area (Å²) >= 11 is 1.52. The van der Waals surface area contributed by atoms with Crippen LogP contribution >= 0.6 is 11.8 Å². The van der Waals surface area contributed by atoms with E-state index in [-0.39, 0.29) is 22.8 Å². The maximum Gasteiger partial charge on any atom is 0.243 e. The molecule has 2 aromatic rings. The molecule has 0 heterocycles. The van der Waals surface area contributed by atoms with Gasteiger partial charge in [0.25, 0.3) is 0 Å². The predicted molar refractivity (Wildman–Crippen MR) is 121 cm³/mol. The molecule has 158 valence electrons. The third-order valence-electron chi connectivity index (χ3n) is 4.74. The average Bonchev–Trinajstić information content (AvgIpc) is 2.60. The molecule has 0 saturated carbocycles. The lowest BCUT2D eigenvalue weighted by Gasteiger charge is -2.24. The molecule has 0 aliphatic rings. The number of nitrogens with one attached hydrogen (secondary N) is 1. The number of likely N-dealkylation sites (N-methyl/N-ethyl adjacent to an activating group) is 1. The largest absolute Gasteiger partial charge is 0.324 e. The molecule has 1 N–H and O–H groups in total. The number of thioether (sulfide) groups is 1. The number of para-hydroxylation sites is 1. The van der Waals surface area contributed by atoms with Crippen LogP contribution in [0, 0.1) is 13.8 Å². The Hall–Kier alpha value is -1.83. The molecule has 7 heteroatoms. The van der Waals surface area contributed by atoms with Gasteiger partial charge in [-0.05, 0) is 54.3 Å². The fourth-order valence-corrected chi connectivity index (χ4v) is 5.25. The molecule has 0 unspecified atom stereocenters. The Labute approximate surface area is 178 Å². The van der Waals surface area contributed by atoms with Gasteiger partial charge in [0.15, 0.2) is 0 Å². The number of hydrogen-bond donors (Lipinski definition) is 1. The first-order valence-corrected chi connectivity index (χ1v) is 12.1. The molecule has 0 atom stereocenters. The lowest BCUT2D eigenvalue weighted by molar-refractivity contribution is -0.116. The van der Waals surface area contributed by atoms with E-state index in [1.165, 1.54) is 18.8 Å². The zero-order chi connectivity index (χ0) is 22.0. The van der Waals surface area contributed by atoms with E-state index in [0.29, 0.717) is 16.8 Å². The van der Waals surface area contributed by atoms with E-state index < -0.39 is 10.0 Å². The smallest absolute Gasteiger partial charge is 0.243 e. The molecule has 0 fully saturated rings. The summed E-state index contributed by atoms with van der Waals surface area (Å²) in [5, 5.41) is 2.81. The number of anilines is 1. The maximum atomic E-state index is 13.2. The van der Waals surface area contributed by atoms with Gasteiger partial charge in [0, 0.05) is 11.9 Å². The number of carbonyl (C=O) groups excluding carboxylic acids is 1. The molecule has 2 rings (SSSR count). The zero-order valence-electron chi connectivity index (χ0n) is 18.2. The van der Waals surface area contributed by atoms with Crippen LogP contribution in [0.2, 0.25) is 0 Å². The summed E-state index contributed by atoms with van der Waals surface area (Å²) in [4.78, 5) is 13.7. The minimum Gasteiger partial charge on any atom is -0.324 e. The number of sulfonamides is 1. The van der Waals surface area contributed by atoms with Gasteiger partial charge >= 0.3 is 0 Å². The van der Waals surface area contributed by atoms with E-state index in [4.69, 9.17) is 0 Å². The number of carbonyl (C=O) groups is 1. The lowest BCUT2D eigenvalue weighted by atomic mass is 9.85. The van der Waals surface area contributed by atoms with Crippen LogP contribution < -0.4 is 5.32 Å². The molecule has 1 amide bonds. The van der Waals surface area contributed by atoms with Gasteiger partial charge in [0.2, 0.25) is 15.9 Å². The van der Waals surface area contributed by atoms with Crippen LogP contribution in [0.1, 0.15) is 37.5 Å². The molecule has 0 radical (unpaired) electrons. The number of hydrogen-bond acceptors (Lipinski definition) is 4. The summed E-state index contributed by atoms with van der Waals surface area (Å²) in [6, 6.07) is 11.3. The van der Waals surface area contributed by atoms with Crippen LogP contribution in [-0.4, -0.2) is 38.5 Å². The summed E-state index contributed by atoms with van der Waals surface area (Å²) in [7, 11) is -2.36. The van der Waals surface area contributed by atoms with Gasteiger partial charge in [-0.15, -0.1) is 11.8 Å². The van der Waals surface area contributed by atoms with Crippen molar-refractivity contribution in [2.24, 2.45) is 0 Å². The highest BCUT2D eigenvalue weighted by Gasteiger charge is 2.28. The van der Waals surface area contributed by atoms with Crippen molar-refractivity contribution in [3.8, 4) is 0 Å². The van der Waals surface area contributed by atoms with E-state index in [1.54, 1.807) is 19.9 Å². The van der Waals surface area contributed by atoms with Crippen LogP contribution in [0.3, 0.4) is 0 Å². The van der Waals surface area contributed by atoms with Gasteiger partial charge in [0.1, 0.15) is 0 Å². The van der Waals surface area contributed by atoms with Gasteiger partial charge in [0.05, 0.1) is 17.1 Å². The van der Waals surface area contributed by atoms with Crippen molar-refractivity contribution < 1.29 is 13.2 Å². The van der Waals surface area contributed by atoms with Gasteiger partial charge in [-0.1, -0.05) is 45.0 Å². The Morgan fingerprint density at radius 3 is 2.17 bits per heavy atom. The summed E-state index contributed by atoms with van der Waals surface area (Å²) in [6.07, 6.45) is 1.92. The van der Waals surface area contributed by atoms with Crippen LogP contribution in [0.25, 0.3) is 0 Å². The Balaban J connectivity index is 2.26. The highest BCUT2D eigenvalue weighted by molar-refractivity contribution is 7.98. The maximum absolute atomic E-state index is 13.2. The van der Waals surface area contributed by atoms with Gasteiger partial charge < -0.3 is 5.32 Å². The summed E-state index contributed by atoms with van der Waals surface area (Å²) in [6.45, 7) is 9.63. The number of benzene rings is 2. The minimum atomic E-state index is -3.80. The molecule has 0 saturated heterocycles. The topological polar surface area (TPSA) is 66.5 Å². The monoisotopic (exact) mass is 434 g/mol. The Morgan fingerprint density at radius 1 is 1.10 bits per heavy atom. The van der Waals surface area contributed by atoms with Crippen LogP contribution in [0.5, 0.6) is 0 Å². The van der Waals surface area contributed by atoms with E-state index in [1.807, 2.05) is 36.6 Å². The van der Waals surface area contributed by atoms with Crippen molar-refractivity contribution in [1.29, 1.82) is 0 Å². The van der Waals surface area contributed by atoms with E-state index in [2.05, 4.69) is 26.1 Å². The summed E-state index contributed by atoms with van der Waals surface area (Å²) < 4.78 is 27.5. The van der Waals surface area contributed by atoms with Crippen molar-refractivity contribution in [2.45, 2.75) is 49.8 Å². The second kappa shape index (κ2) is 8.90. The molecule has 0 bridgehead atoms. The van der Waals surface area contributed by atoms with Crippen LogP contribution in [0.15, 0.2) is 46.2 Å². The fourth-order valence-electron chi connectivity index (χ4n) is 3.17. The highest BCUT2D eigenvalue weighted by Crippen LogP contribution is 2.30. The molecule has 29 heavy (non-hydrogen) atoms. The van der Waals surface area contributed by atoms with Gasteiger partial charge in [-0.3, -0.25) is 4.79 Å². The van der Waals surface area contributed by atoms with E-state index in [0.717, 1.165) is 14.8 Å². The van der Waals surface area contributed by atoms with Gasteiger partial charge in [-0.25, -0.2) is 8.42 Å².